The molecule has 0 atom stereocenters. The van der Waals surface area contributed by atoms with Gasteiger partial charge in [0.1, 0.15) is 28.9 Å². The summed E-state index contributed by atoms with van der Waals surface area (Å²) in [6.45, 7) is 1.05. The fourth-order valence-corrected chi connectivity index (χ4v) is 5.26. The summed E-state index contributed by atoms with van der Waals surface area (Å²) >= 11 is 0. The van der Waals surface area contributed by atoms with Crippen molar-refractivity contribution >= 4 is 45.5 Å². The van der Waals surface area contributed by atoms with Crippen LogP contribution in [0.2, 0.25) is 0 Å². The van der Waals surface area contributed by atoms with Crippen molar-refractivity contribution in [2.75, 3.05) is 30.4 Å². The maximum absolute atomic E-state index is 14.9. The highest BCUT2D eigenvalue weighted by Crippen LogP contribution is 2.36. The SMILES string of the molecule is COc1cccc(F)c1-c1nc(Nc2cc(F)ccc2N2CCC(NS(N)(=O)=O)CC2)cn2ccnc12.Cl. The number of ether oxygens (including phenoxy) is 1. The van der Waals surface area contributed by atoms with Crippen molar-refractivity contribution in [1.29, 1.82) is 0 Å². The van der Waals surface area contributed by atoms with Gasteiger partial charge in [-0.15, -0.1) is 12.4 Å². The Morgan fingerprint density at radius 2 is 1.92 bits per heavy atom. The molecule has 0 aliphatic carbocycles. The van der Waals surface area contributed by atoms with Gasteiger partial charge >= 0.3 is 0 Å². The lowest BCUT2D eigenvalue weighted by Gasteiger charge is -2.34. The summed E-state index contributed by atoms with van der Waals surface area (Å²) in [7, 11) is -2.34. The zero-order valence-electron chi connectivity index (χ0n) is 20.3. The molecule has 14 heteroatoms. The first-order chi connectivity index (χ1) is 17.7. The van der Waals surface area contributed by atoms with Crippen LogP contribution < -0.4 is 24.8 Å². The Bertz CT molecular complexity index is 1560. The molecular formula is C24H26ClF2N7O3S. The summed E-state index contributed by atoms with van der Waals surface area (Å²) in [4.78, 5) is 11.0. The topological polar surface area (TPSA) is 127 Å². The second kappa shape index (κ2) is 11.1. The van der Waals surface area contributed by atoms with Gasteiger partial charge in [0.2, 0.25) is 0 Å². The van der Waals surface area contributed by atoms with E-state index in [0.29, 0.717) is 54.5 Å². The number of imidazole rings is 1. The summed E-state index contributed by atoms with van der Waals surface area (Å²) in [6, 6.07) is 8.60. The molecule has 2 aromatic heterocycles. The first-order valence-corrected chi connectivity index (χ1v) is 13.0. The van der Waals surface area contributed by atoms with Crippen LogP contribution in [0.15, 0.2) is 55.0 Å². The maximum Gasteiger partial charge on any atom is 0.274 e. The van der Waals surface area contributed by atoms with Crippen LogP contribution >= 0.6 is 12.4 Å². The van der Waals surface area contributed by atoms with Crippen LogP contribution in [0.4, 0.5) is 26.0 Å². The van der Waals surface area contributed by atoms with Crippen LogP contribution in [0.3, 0.4) is 0 Å². The standard InChI is InChI=1S/C24H25F2N7O3S.ClH/c1-36-20-4-2-3-17(26)22(20)23-24-28-9-12-33(24)14-21(30-23)29-18-13-15(25)5-6-19(18)32-10-7-16(8-11-32)31-37(27,34)35;/h2-6,9,12-14,16,29,31H,7-8,10-11H2,1H3,(H2,27,34,35);1H. The number of benzene rings is 2. The number of hydrogen-bond donors (Lipinski definition) is 3. The van der Waals surface area contributed by atoms with Crippen molar-refractivity contribution in [3.05, 3.63) is 66.6 Å². The number of fused-ring (bicyclic) bond motifs is 1. The van der Waals surface area contributed by atoms with E-state index in [4.69, 9.17) is 9.88 Å². The van der Waals surface area contributed by atoms with E-state index in [1.54, 1.807) is 41.2 Å². The van der Waals surface area contributed by atoms with Gasteiger partial charge in [0.25, 0.3) is 10.2 Å². The summed E-state index contributed by atoms with van der Waals surface area (Å²) in [5.74, 6) is -0.326. The van der Waals surface area contributed by atoms with Gasteiger partial charge in [0.05, 0.1) is 30.2 Å². The predicted molar refractivity (Wildman–Crippen MR) is 143 cm³/mol. The van der Waals surface area contributed by atoms with E-state index in [9.17, 15) is 17.2 Å². The number of anilines is 3. The first-order valence-electron chi connectivity index (χ1n) is 11.5. The Hall–Kier alpha value is -3.52. The Balaban J connectivity index is 0.00000336. The molecule has 1 saturated heterocycles. The third-order valence-electron chi connectivity index (χ3n) is 6.19. The highest BCUT2D eigenvalue weighted by molar-refractivity contribution is 7.87. The van der Waals surface area contributed by atoms with Crippen LogP contribution in [0.25, 0.3) is 16.9 Å². The van der Waals surface area contributed by atoms with Crippen molar-refractivity contribution in [1.82, 2.24) is 19.1 Å². The molecule has 38 heavy (non-hydrogen) atoms. The van der Waals surface area contributed by atoms with Gasteiger partial charge < -0.3 is 19.4 Å². The number of methoxy groups -OCH3 is 1. The van der Waals surface area contributed by atoms with Gasteiger partial charge in [-0.2, -0.15) is 13.1 Å². The number of rotatable bonds is 7. The number of halogens is 3. The minimum Gasteiger partial charge on any atom is -0.496 e. The molecule has 5 rings (SSSR count). The highest BCUT2D eigenvalue weighted by atomic mass is 35.5. The summed E-state index contributed by atoms with van der Waals surface area (Å²) in [5.41, 5.74) is 2.02. The minimum absolute atomic E-state index is 0. The molecule has 0 spiro atoms. The van der Waals surface area contributed by atoms with E-state index in [1.807, 2.05) is 4.90 Å². The molecular weight excluding hydrogens is 540 g/mol. The molecule has 0 unspecified atom stereocenters. The average molecular weight is 566 g/mol. The molecule has 2 aromatic carbocycles. The monoisotopic (exact) mass is 565 g/mol. The lowest BCUT2D eigenvalue weighted by molar-refractivity contribution is 0.413. The van der Waals surface area contributed by atoms with Crippen molar-refractivity contribution in [2.45, 2.75) is 18.9 Å². The molecule has 0 saturated carbocycles. The van der Waals surface area contributed by atoms with E-state index in [-0.39, 0.29) is 29.7 Å². The van der Waals surface area contributed by atoms with Gasteiger partial charge in [0, 0.05) is 31.5 Å². The molecule has 1 aliphatic rings. The van der Waals surface area contributed by atoms with Crippen LogP contribution in [0, 0.1) is 11.6 Å². The third kappa shape index (κ3) is 5.80. The number of aromatic nitrogens is 3. The van der Waals surface area contributed by atoms with E-state index in [0.717, 1.165) is 0 Å². The van der Waals surface area contributed by atoms with E-state index in [2.05, 4.69) is 20.0 Å². The summed E-state index contributed by atoms with van der Waals surface area (Å²) in [6.07, 6.45) is 6.02. The average Bonchev–Trinajstić information content (AvgIpc) is 3.32. The normalized spacial score (nSPS) is 14.4. The smallest absolute Gasteiger partial charge is 0.274 e. The molecule has 1 aliphatic heterocycles. The van der Waals surface area contributed by atoms with Gasteiger partial charge in [-0.3, -0.25) is 0 Å². The van der Waals surface area contributed by atoms with E-state index >= 15 is 0 Å². The molecule has 0 amide bonds. The van der Waals surface area contributed by atoms with Crippen molar-refractivity contribution in [2.24, 2.45) is 5.14 Å². The maximum atomic E-state index is 14.9. The molecule has 0 bridgehead atoms. The van der Waals surface area contributed by atoms with Crippen molar-refractivity contribution < 1.29 is 21.9 Å². The van der Waals surface area contributed by atoms with E-state index in [1.165, 1.54) is 25.3 Å². The predicted octanol–water partition coefficient (Wildman–Crippen LogP) is 3.61. The molecule has 3 heterocycles. The van der Waals surface area contributed by atoms with Crippen molar-refractivity contribution in [3.8, 4) is 17.0 Å². The lowest BCUT2D eigenvalue weighted by Crippen LogP contribution is -2.46. The Labute approximate surface area is 224 Å². The highest BCUT2D eigenvalue weighted by Gasteiger charge is 2.24. The van der Waals surface area contributed by atoms with Crippen LogP contribution in [-0.2, 0) is 10.2 Å². The van der Waals surface area contributed by atoms with Crippen LogP contribution in [0.1, 0.15) is 12.8 Å². The summed E-state index contributed by atoms with van der Waals surface area (Å²) < 4.78 is 61.5. The summed E-state index contributed by atoms with van der Waals surface area (Å²) in [5, 5.41) is 8.28. The number of nitrogens with one attached hydrogen (secondary N) is 2. The minimum atomic E-state index is -3.79. The molecule has 202 valence electrons. The first kappa shape index (κ1) is 27.5. The Morgan fingerprint density at radius 3 is 2.63 bits per heavy atom. The zero-order valence-corrected chi connectivity index (χ0v) is 21.9. The molecule has 10 nitrogen and oxygen atoms in total. The molecule has 1 fully saturated rings. The number of piperidine rings is 1. The number of nitrogens with two attached hydrogens (primary N) is 1. The Morgan fingerprint density at radius 1 is 1.16 bits per heavy atom. The molecule has 4 N–H and O–H groups in total. The number of hydrogen-bond acceptors (Lipinski definition) is 7. The number of nitrogens with zero attached hydrogens (tertiary/aromatic N) is 4. The van der Waals surface area contributed by atoms with Gasteiger partial charge in [-0.1, -0.05) is 6.07 Å². The fourth-order valence-electron chi connectivity index (χ4n) is 4.56. The largest absolute Gasteiger partial charge is 0.496 e. The zero-order chi connectivity index (χ0) is 26.2. The van der Waals surface area contributed by atoms with E-state index < -0.39 is 21.8 Å². The van der Waals surface area contributed by atoms with Crippen molar-refractivity contribution in [3.63, 3.8) is 0 Å². The van der Waals surface area contributed by atoms with Gasteiger partial charge in [-0.25, -0.2) is 23.9 Å². The second-order valence-corrected chi connectivity index (χ2v) is 9.99. The van der Waals surface area contributed by atoms with Crippen LogP contribution in [0.5, 0.6) is 5.75 Å². The third-order valence-corrected chi connectivity index (χ3v) is 6.86. The molecule has 4 aromatic rings. The second-order valence-electron chi connectivity index (χ2n) is 8.66. The lowest BCUT2D eigenvalue weighted by atomic mass is 10.0. The van der Waals surface area contributed by atoms with Crippen LogP contribution in [-0.4, -0.2) is 49.0 Å². The molecule has 0 radical (unpaired) electrons. The van der Waals surface area contributed by atoms with Gasteiger partial charge in [-0.05, 0) is 43.2 Å². The Kier molecular flexibility index (Phi) is 8.02. The van der Waals surface area contributed by atoms with Gasteiger partial charge in [0.15, 0.2) is 5.65 Å². The fraction of sp³-hybridized carbons (Fsp3) is 0.250. The quantitative estimate of drug-likeness (QED) is 0.312.